The molecule has 0 radical (unpaired) electrons. The van der Waals surface area contributed by atoms with Crippen LogP contribution in [0.1, 0.15) is 32.8 Å². The highest BCUT2D eigenvalue weighted by atomic mass is 19.1. The summed E-state index contributed by atoms with van der Waals surface area (Å²) in [6, 6.07) is 6.54. The van der Waals surface area contributed by atoms with E-state index in [1.165, 1.54) is 18.6 Å². The van der Waals surface area contributed by atoms with E-state index in [9.17, 15) is 4.39 Å². The largest absolute Gasteiger partial charge is 0.357 e. The number of likely N-dealkylation sites (tertiary alicyclic amines) is 1. The molecule has 1 saturated heterocycles. The number of guanidine groups is 1. The van der Waals surface area contributed by atoms with E-state index in [0.29, 0.717) is 12.0 Å². The summed E-state index contributed by atoms with van der Waals surface area (Å²) in [5.41, 5.74) is 1.38. The first-order valence-electron chi connectivity index (χ1n) is 7.28. The monoisotopic (exact) mass is 277 g/mol. The first kappa shape index (κ1) is 14.8. The molecule has 0 aromatic heterocycles. The number of benzene rings is 1. The Morgan fingerprint density at radius 1 is 1.35 bits per heavy atom. The van der Waals surface area contributed by atoms with Crippen molar-refractivity contribution in [2.75, 3.05) is 19.6 Å². The number of halogens is 1. The molecule has 0 amide bonds. The summed E-state index contributed by atoms with van der Waals surface area (Å²) >= 11 is 0. The van der Waals surface area contributed by atoms with Crippen molar-refractivity contribution in [3.8, 4) is 0 Å². The standard InChI is InChI=1S/C16H24FN3/c1-4-18-15(20-10-9-16(2,3)12-20)19-11-13-5-7-14(17)8-6-13/h5-8H,4,9-12H2,1-3H3,(H,18,19). The van der Waals surface area contributed by atoms with E-state index in [4.69, 9.17) is 0 Å². The fourth-order valence-electron chi connectivity index (χ4n) is 2.48. The summed E-state index contributed by atoms with van der Waals surface area (Å²) < 4.78 is 12.9. The number of nitrogens with one attached hydrogen (secondary N) is 1. The molecule has 2 rings (SSSR count). The molecule has 1 aromatic rings. The second kappa shape index (κ2) is 6.25. The van der Waals surface area contributed by atoms with E-state index in [1.807, 2.05) is 0 Å². The lowest BCUT2D eigenvalue weighted by Crippen LogP contribution is -2.40. The second-order valence-corrected chi connectivity index (χ2v) is 6.13. The van der Waals surface area contributed by atoms with Crippen LogP contribution in [0.25, 0.3) is 0 Å². The van der Waals surface area contributed by atoms with E-state index >= 15 is 0 Å². The van der Waals surface area contributed by atoms with Gasteiger partial charge >= 0.3 is 0 Å². The molecule has 0 atom stereocenters. The molecule has 1 fully saturated rings. The third kappa shape index (κ3) is 3.95. The lowest BCUT2D eigenvalue weighted by Gasteiger charge is -2.23. The normalized spacial score (nSPS) is 18.4. The third-order valence-electron chi connectivity index (χ3n) is 3.64. The van der Waals surface area contributed by atoms with Gasteiger partial charge in [-0.25, -0.2) is 9.38 Å². The molecule has 1 aliphatic rings. The second-order valence-electron chi connectivity index (χ2n) is 6.13. The number of rotatable bonds is 3. The first-order chi connectivity index (χ1) is 9.50. The molecule has 1 N–H and O–H groups in total. The van der Waals surface area contributed by atoms with E-state index in [1.54, 1.807) is 12.1 Å². The average Bonchev–Trinajstić information content (AvgIpc) is 2.77. The summed E-state index contributed by atoms with van der Waals surface area (Å²) in [5, 5.41) is 3.35. The highest BCUT2D eigenvalue weighted by molar-refractivity contribution is 5.80. The summed E-state index contributed by atoms with van der Waals surface area (Å²) in [6.07, 6.45) is 1.19. The predicted molar refractivity (Wildman–Crippen MR) is 81.2 cm³/mol. The van der Waals surface area contributed by atoms with Gasteiger partial charge in [-0.2, -0.15) is 0 Å². The molecule has 4 heteroatoms. The van der Waals surface area contributed by atoms with Crippen LogP contribution in [0.5, 0.6) is 0 Å². The molecule has 3 nitrogen and oxygen atoms in total. The van der Waals surface area contributed by atoms with E-state index in [0.717, 1.165) is 31.2 Å². The molecular weight excluding hydrogens is 253 g/mol. The molecule has 1 aromatic carbocycles. The lowest BCUT2D eigenvalue weighted by molar-refractivity contribution is 0.370. The van der Waals surface area contributed by atoms with Crippen LogP contribution in [0, 0.1) is 11.2 Å². The van der Waals surface area contributed by atoms with Crippen molar-refractivity contribution >= 4 is 5.96 Å². The quantitative estimate of drug-likeness (QED) is 0.679. The Morgan fingerprint density at radius 2 is 2.05 bits per heavy atom. The molecule has 1 heterocycles. The summed E-state index contributed by atoms with van der Waals surface area (Å²) in [7, 11) is 0. The number of hydrogen-bond acceptors (Lipinski definition) is 1. The van der Waals surface area contributed by atoms with E-state index in [-0.39, 0.29) is 5.82 Å². The van der Waals surface area contributed by atoms with Gasteiger partial charge in [-0.3, -0.25) is 0 Å². The fraction of sp³-hybridized carbons (Fsp3) is 0.562. The van der Waals surface area contributed by atoms with Crippen LogP contribution in [0.15, 0.2) is 29.3 Å². The molecular formula is C16H24FN3. The first-order valence-corrected chi connectivity index (χ1v) is 7.28. The molecule has 0 aliphatic carbocycles. The maximum Gasteiger partial charge on any atom is 0.194 e. The van der Waals surface area contributed by atoms with E-state index in [2.05, 4.69) is 36.0 Å². The minimum Gasteiger partial charge on any atom is -0.357 e. The Bertz CT molecular complexity index is 465. The van der Waals surface area contributed by atoms with Crippen molar-refractivity contribution in [1.82, 2.24) is 10.2 Å². The maximum atomic E-state index is 12.9. The Kier molecular flexibility index (Phi) is 4.63. The van der Waals surface area contributed by atoms with Crippen LogP contribution in [-0.4, -0.2) is 30.5 Å². The van der Waals surface area contributed by atoms with Crippen molar-refractivity contribution in [1.29, 1.82) is 0 Å². The van der Waals surface area contributed by atoms with Gasteiger partial charge in [0.15, 0.2) is 5.96 Å². The van der Waals surface area contributed by atoms with Gasteiger partial charge in [0.25, 0.3) is 0 Å². The van der Waals surface area contributed by atoms with Crippen molar-refractivity contribution in [3.05, 3.63) is 35.6 Å². The SMILES string of the molecule is CCNC(=NCc1ccc(F)cc1)N1CCC(C)(C)C1. The van der Waals surface area contributed by atoms with Crippen molar-refractivity contribution in [2.45, 2.75) is 33.7 Å². The fourth-order valence-corrected chi connectivity index (χ4v) is 2.48. The van der Waals surface area contributed by atoms with Gasteiger partial charge in [0.05, 0.1) is 6.54 Å². The average molecular weight is 277 g/mol. The van der Waals surface area contributed by atoms with Gasteiger partial charge in [0, 0.05) is 19.6 Å². The zero-order valence-corrected chi connectivity index (χ0v) is 12.6. The minimum atomic E-state index is -0.203. The number of hydrogen-bond donors (Lipinski definition) is 1. The Morgan fingerprint density at radius 3 is 2.60 bits per heavy atom. The number of aliphatic imine (C=N–C) groups is 1. The zero-order chi connectivity index (χ0) is 14.6. The molecule has 1 aliphatic heterocycles. The predicted octanol–water partition coefficient (Wildman–Crippen LogP) is 3.02. The highest BCUT2D eigenvalue weighted by Crippen LogP contribution is 2.28. The maximum absolute atomic E-state index is 12.9. The Balaban J connectivity index is 2.04. The van der Waals surface area contributed by atoms with Crippen LogP contribution in [-0.2, 0) is 6.54 Å². The van der Waals surface area contributed by atoms with Gasteiger partial charge in [0.1, 0.15) is 5.82 Å². The molecule has 0 unspecified atom stereocenters. The third-order valence-corrected chi connectivity index (χ3v) is 3.64. The van der Waals surface area contributed by atoms with Crippen molar-refractivity contribution in [3.63, 3.8) is 0 Å². The lowest BCUT2D eigenvalue weighted by atomic mass is 9.93. The van der Waals surface area contributed by atoms with E-state index < -0.39 is 0 Å². The summed E-state index contributed by atoms with van der Waals surface area (Å²) in [6.45, 7) is 10.2. The Labute approximate surface area is 120 Å². The van der Waals surface area contributed by atoms with Crippen LogP contribution in [0.4, 0.5) is 4.39 Å². The van der Waals surface area contributed by atoms with Crippen LogP contribution in [0.3, 0.4) is 0 Å². The molecule has 0 spiro atoms. The topological polar surface area (TPSA) is 27.6 Å². The summed E-state index contributed by atoms with van der Waals surface area (Å²) in [4.78, 5) is 6.98. The minimum absolute atomic E-state index is 0.203. The van der Waals surface area contributed by atoms with Gasteiger partial charge in [-0.1, -0.05) is 26.0 Å². The van der Waals surface area contributed by atoms with Crippen LogP contribution < -0.4 is 5.32 Å². The van der Waals surface area contributed by atoms with Crippen molar-refractivity contribution < 1.29 is 4.39 Å². The van der Waals surface area contributed by atoms with Gasteiger partial charge in [-0.05, 0) is 36.5 Å². The molecule has 0 saturated carbocycles. The zero-order valence-electron chi connectivity index (χ0n) is 12.6. The smallest absolute Gasteiger partial charge is 0.194 e. The van der Waals surface area contributed by atoms with Gasteiger partial charge in [0.2, 0.25) is 0 Å². The van der Waals surface area contributed by atoms with Gasteiger partial charge < -0.3 is 10.2 Å². The number of nitrogens with zero attached hydrogens (tertiary/aromatic N) is 2. The summed E-state index contributed by atoms with van der Waals surface area (Å²) in [5.74, 6) is 0.758. The molecule has 20 heavy (non-hydrogen) atoms. The van der Waals surface area contributed by atoms with Crippen LogP contribution in [0.2, 0.25) is 0 Å². The van der Waals surface area contributed by atoms with Crippen LogP contribution >= 0.6 is 0 Å². The van der Waals surface area contributed by atoms with Gasteiger partial charge in [-0.15, -0.1) is 0 Å². The van der Waals surface area contributed by atoms with Crippen molar-refractivity contribution in [2.24, 2.45) is 10.4 Å². The highest BCUT2D eigenvalue weighted by Gasteiger charge is 2.30. The molecule has 0 bridgehead atoms. The molecule has 110 valence electrons. The Hall–Kier alpha value is -1.58.